The Morgan fingerprint density at radius 2 is 0.984 bits per heavy atom. The van der Waals surface area contributed by atoms with Crippen LogP contribution in [0.2, 0.25) is 0 Å². The summed E-state index contributed by atoms with van der Waals surface area (Å²) in [4.78, 5) is 19.1. The van der Waals surface area contributed by atoms with Gasteiger partial charge in [-0.05, 0) is 118 Å². The van der Waals surface area contributed by atoms with Gasteiger partial charge in [0.2, 0.25) is 0 Å². The van der Waals surface area contributed by atoms with Crippen LogP contribution in [0.15, 0.2) is 176 Å². The molecule has 292 valence electrons. The minimum Gasteiger partial charge on any atom is -0.308 e. The first-order valence-electron chi connectivity index (χ1n) is 20.9. The number of nitrogens with zero attached hydrogens (tertiary/aromatic N) is 5. The molecule has 0 saturated carbocycles. The van der Waals surface area contributed by atoms with Gasteiger partial charge < -0.3 is 4.57 Å². The van der Waals surface area contributed by atoms with Crippen molar-refractivity contribution in [2.24, 2.45) is 0 Å². The second kappa shape index (κ2) is 13.2. The van der Waals surface area contributed by atoms with E-state index < -0.39 is 0 Å². The molecule has 0 atom stereocenters. The van der Waals surface area contributed by atoms with Crippen LogP contribution in [-0.4, -0.2) is 19.5 Å². The summed E-state index contributed by atoms with van der Waals surface area (Å²) >= 11 is 1.84. The molecule has 0 amide bonds. The van der Waals surface area contributed by atoms with Crippen molar-refractivity contribution in [1.29, 1.82) is 0 Å². The molecule has 0 spiro atoms. The highest BCUT2D eigenvalue weighted by atomic mass is 32.1. The van der Waals surface area contributed by atoms with Crippen LogP contribution in [0.5, 0.6) is 0 Å². The van der Waals surface area contributed by atoms with E-state index in [-0.39, 0.29) is 10.8 Å². The van der Waals surface area contributed by atoms with E-state index in [1.54, 1.807) is 0 Å². The van der Waals surface area contributed by atoms with Gasteiger partial charge in [-0.3, -0.25) is 14.9 Å². The number of rotatable bonds is 7. The Balaban J connectivity index is 0.982. The maximum atomic E-state index is 5.04. The van der Waals surface area contributed by atoms with Gasteiger partial charge in [-0.2, -0.15) is 0 Å². The summed E-state index contributed by atoms with van der Waals surface area (Å²) in [7, 11) is 0. The molecule has 5 nitrogen and oxygen atoms in total. The SMILES string of the molecule is CC1(C)c2cc(-c3ccc(-c4ccnc(N(c5cccc(-c6ccccn6)c5)c5cccc(-c6ccccn6)c5)c4)s3)cc3c2-n2c4c1cccc4c1cccc(c12)C3(C)C. The van der Waals surface area contributed by atoms with Crippen LogP contribution in [0.25, 0.3) is 70.9 Å². The van der Waals surface area contributed by atoms with Crippen molar-refractivity contribution in [2.45, 2.75) is 38.5 Å². The normalized spacial score (nSPS) is 14.2. The standard InChI is InChI=1S/C55H41N5S/c1-54(2)42-19-11-17-40-41-18-12-20-43-52(41)60(51(40)42)53-44(54)31-37(32-45(53)55(43,3)4)49-24-23-48(61-49)36-25-28-58-50(33-36)59(38-15-9-13-34(29-38)46-21-5-7-26-56-46)39-16-10-14-35(30-39)47-22-6-8-27-57-47/h5-33H,1-4H3. The molecule has 5 aromatic carbocycles. The number of pyridine rings is 3. The number of hydrogen-bond donors (Lipinski definition) is 0. The van der Waals surface area contributed by atoms with E-state index in [1.807, 2.05) is 66.3 Å². The molecular formula is C55H41N5S. The van der Waals surface area contributed by atoms with Gasteiger partial charge in [0.1, 0.15) is 5.82 Å². The summed E-state index contributed by atoms with van der Waals surface area (Å²) in [6.45, 7) is 9.64. The second-order valence-corrected chi connectivity index (χ2v) is 18.4. The van der Waals surface area contributed by atoms with Gasteiger partial charge in [-0.15, -0.1) is 11.3 Å². The van der Waals surface area contributed by atoms with Crippen molar-refractivity contribution in [3.8, 4) is 49.1 Å². The van der Waals surface area contributed by atoms with Crippen molar-refractivity contribution in [1.82, 2.24) is 19.5 Å². The predicted octanol–water partition coefficient (Wildman–Crippen LogP) is 14.4. The molecule has 5 aromatic heterocycles. The molecule has 0 aliphatic carbocycles. The molecule has 2 aliphatic rings. The van der Waals surface area contributed by atoms with E-state index in [9.17, 15) is 0 Å². The molecular weight excluding hydrogens is 763 g/mol. The highest BCUT2D eigenvalue weighted by molar-refractivity contribution is 7.18. The van der Waals surface area contributed by atoms with Gasteiger partial charge in [0.15, 0.2) is 0 Å². The molecule has 0 bridgehead atoms. The Morgan fingerprint density at radius 3 is 1.52 bits per heavy atom. The number of fused-ring (bicyclic) bond motifs is 1. The van der Waals surface area contributed by atoms with Crippen LogP contribution in [0.4, 0.5) is 17.2 Å². The smallest absolute Gasteiger partial charge is 0.138 e. The minimum atomic E-state index is -0.178. The highest BCUT2D eigenvalue weighted by Gasteiger charge is 2.43. The van der Waals surface area contributed by atoms with Gasteiger partial charge in [0.25, 0.3) is 0 Å². The molecule has 0 fully saturated rings. The first-order chi connectivity index (χ1) is 29.8. The predicted molar refractivity (Wildman–Crippen MR) is 253 cm³/mol. The van der Waals surface area contributed by atoms with Gasteiger partial charge >= 0.3 is 0 Å². The maximum absolute atomic E-state index is 5.04. The van der Waals surface area contributed by atoms with Gasteiger partial charge in [-0.1, -0.05) is 100 Å². The fourth-order valence-corrected chi connectivity index (χ4v) is 11.0. The summed E-state index contributed by atoms with van der Waals surface area (Å²) in [6.07, 6.45) is 5.61. The first-order valence-corrected chi connectivity index (χ1v) is 21.7. The fraction of sp³-hybridized carbons (Fsp3) is 0.109. The van der Waals surface area contributed by atoms with Crippen LogP contribution < -0.4 is 4.90 Å². The van der Waals surface area contributed by atoms with Crippen molar-refractivity contribution in [2.75, 3.05) is 4.90 Å². The first kappa shape index (κ1) is 35.8. The van der Waals surface area contributed by atoms with E-state index in [4.69, 9.17) is 4.98 Å². The molecule has 7 heterocycles. The van der Waals surface area contributed by atoms with E-state index in [2.05, 4.69) is 168 Å². The number of anilines is 3. The molecule has 12 rings (SSSR count). The third-order valence-corrected chi connectivity index (χ3v) is 14.3. The molecule has 0 saturated heterocycles. The van der Waals surface area contributed by atoms with Crippen LogP contribution in [0, 0.1) is 0 Å². The largest absolute Gasteiger partial charge is 0.308 e. The van der Waals surface area contributed by atoms with Crippen LogP contribution in [0.1, 0.15) is 49.9 Å². The van der Waals surface area contributed by atoms with Crippen molar-refractivity contribution < 1.29 is 0 Å². The summed E-state index contributed by atoms with van der Waals surface area (Å²) < 4.78 is 2.60. The summed E-state index contributed by atoms with van der Waals surface area (Å²) in [5.41, 5.74) is 17.6. The maximum Gasteiger partial charge on any atom is 0.138 e. The van der Waals surface area contributed by atoms with Gasteiger partial charge in [0, 0.05) is 72.4 Å². The van der Waals surface area contributed by atoms with Gasteiger partial charge in [0.05, 0.1) is 28.1 Å². The third-order valence-electron chi connectivity index (χ3n) is 13.1. The average Bonchev–Trinajstić information content (AvgIpc) is 3.93. The number of para-hydroxylation sites is 2. The Hall–Kier alpha value is -7.15. The zero-order valence-electron chi connectivity index (χ0n) is 34.4. The van der Waals surface area contributed by atoms with Crippen molar-refractivity contribution in [3.05, 3.63) is 199 Å². The summed E-state index contributed by atoms with van der Waals surface area (Å²) in [6, 6.07) is 56.8. The second-order valence-electron chi connectivity index (χ2n) is 17.3. The molecule has 6 heteroatoms. The van der Waals surface area contributed by atoms with Crippen LogP contribution >= 0.6 is 11.3 Å². The Labute approximate surface area is 359 Å². The van der Waals surface area contributed by atoms with E-state index in [0.29, 0.717) is 0 Å². The zero-order chi connectivity index (χ0) is 41.0. The average molecular weight is 804 g/mol. The topological polar surface area (TPSA) is 46.8 Å². The number of thiophene rings is 1. The lowest BCUT2D eigenvalue weighted by molar-refractivity contribution is 0.594. The quantitative estimate of drug-likeness (QED) is 0.161. The molecule has 2 aliphatic heterocycles. The number of hydrogen-bond acceptors (Lipinski definition) is 5. The Morgan fingerprint density at radius 1 is 0.443 bits per heavy atom. The Bertz CT molecular complexity index is 3200. The molecule has 0 radical (unpaired) electrons. The highest BCUT2D eigenvalue weighted by Crippen LogP contribution is 2.56. The zero-order valence-corrected chi connectivity index (χ0v) is 35.2. The van der Waals surface area contributed by atoms with Gasteiger partial charge in [-0.25, -0.2) is 4.98 Å². The molecule has 0 N–H and O–H groups in total. The molecule has 61 heavy (non-hydrogen) atoms. The van der Waals surface area contributed by atoms with Crippen molar-refractivity contribution >= 4 is 50.3 Å². The lowest BCUT2D eigenvalue weighted by atomic mass is 9.68. The number of aromatic nitrogens is 4. The van der Waals surface area contributed by atoms with Crippen molar-refractivity contribution in [3.63, 3.8) is 0 Å². The summed E-state index contributed by atoms with van der Waals surface area (Å²) in [5.74, 6) is 0.826. The minimum absolute atomic E-state index is 0.178. The van der Waals surface area contributed by atoms with E-state index in [1.165, 1.54) is 65.1 Å². The molecule has 10 aromatic rings. The number of benzene rings is 5. The fourth-order valence-electron chi connectivity index (χ4n) is 10.0. The van der Waals surface area contributed by atoms with E-state index in [0.717, 1.165) is 45.3 Å². The van der Waals surface area contributed by atoms with Crippen LogP contribution in [0.3, 0.4) is 0 Å². The van der Waals surface area contributed by atoms with Crippen LogP contribution in [-0.2, 0) is 10.8 Å². The lowest BCUT2D eigenvalue weighted by Crippen LogP contribution is -2.33. The van der Waals surface area contributed by atoms with E-state index >= 15 is 0 Å². The third kappa shape index (κ3) is 5.35. The molecule has 0 unspecified atom stereocenters. The lowest BCUT2D eigenvalue weighted by Gasteiger charge is -2.42. The summed E-state index contributed by atoms with van der Waals surface area (Å²) in [5, 5.41) is 2.70. The monoisotopic (exact) mass is 803 g/mol. The Kier molecular flexibility index (Phi) is 7.72.